The number of hydrogen-bond donors (Lipinski definition) is 2. The first-order valence-electron chi connectivity index (χ1n) is 5.27. The minimum Gasteiger partial charge on any atom is -0.397 e. The van der Waals surface area contributed by atoms with Crippen LogP contribution in [0.15, 0.2) is 18.5 Å². The Balaban J connectivity index is 2.48. The number of alkyl halides is 3. The van der Waals surface area contributed by atoms with Crippen molar-refractivity contribution in [1.29, 1.82) is 0 Å². The lowest BCUT2D eigenvalue weighted by atomic mass is 10.2. The molecular formula is C10H10F3N5O. The number of aliphatic hydroxyl groups is 1. The molecule has 2 aromatic rings. The standard InChI is InChI=1S/C10H10F3N5O/c11-10(12,13)8-3-6(14)4-15-9(8)18-16-5-7(17-18)1-2-19/h3-5,19H,1-2,14H2. The van der Waals surface area contributed by atoms with E-state index < -0.39 is 17.6 Å². The number of nitrogens with two attached hydrogens (primary N) is 1. The Hall–Kier alpha value is -2.16. The molecule has 2 rings (SSSR count). The van der Waals surface area contributed by atoms with Crippen molar-refractivity contribution < 1.29 is 18.3 Å². The number of hydrogen-bond acceptors (Lipinski definition) is 5. The van der Waals surface area contributed by atoms with Gasteiger partial charge in [0.15, 0.2) is 5.82 Å². The molecule has 0 fully saturated rings. The maximum absolute atomic E-state index is 12.9. The van der Waals surface area contributed by atoms with E-state index in [4.69, 9.17) is 10.8 Å². The maximum Gasteiger partial charge on any atom is 0.420 e. The second kappa shape index (κ2) is 4.84. The lowest BCUT2D eigenvalue weighted by Gasteiger charge is -2.11. The Morgan fingerprint density at radius 1 is 1.32 bits per heavy atom. The van der Waals surface area contributed by atoms with Crippen LogP contribution in [-0.4, -0.2) is 31.7 Å². The Morgan fingerprint density at radius 3 is 2.68 bits per heavy atom. The summed E-state index contributed by atoms with van der Waals surface area (Å²) in [5.74, 6) is -0.453. The number of nitrogens with zero attached hydrogens (tertiary/aromatic N) is 4. The highest BCUT2D eigenvalue weighted by Gasteiger charge is 2.35. The number of halogens is 3. The van der Waals surface area contributed by atoms with Crippen LogP contribution in [0.5, 0.6) is 0 Å². The van der Waals surface area contributed by atoms with E-state index in [1.54, 1.807) is 0 Å². The van der Waals surface area contributed by atoms with Gasteiger partial charge in [-0.15, -0.1) is 4.80 Å². The summed E-state index contributed by atoms with van der Waals surface area (Å²) in [6.45, 7) is -0.167. The van der Waals surface area contributed by atoms with Crippen LogP contribution < -0.4 is 5.73 Å². The molecule has 0 bridgehead atoms. The molecule has 2 heterocycles. The number of anilines is 1. The van der Waals surface area contributed by atoms with Crippen LogP contribution in [0.3, 0.4) is 0 Å². The average Bonchev–Trinajstić information content (AvgIpc) is 2.77. The third-order valence-corrected chi connectivity index (χ3v) is 2.29. The van der Waals surface area contributed by atoms with Gasteiger partial charge in [0.1, 0.15) is 5.56 Å². The zero-order valence-corrected chi connectivity index (χ0v) is 9.59. The highest BCUT2D eigenvalue weighted by molar-refractivity contribution is 5.46. The van der Waals surface area contributed by atoms with Gasteiger partial charge in [0.25, 0.3) is 0 Å². The van der Waals surface area contributed by atoms with Gasteiger partial charge in [0, 0.05) is 13.0 Å². The van der Waals surface area contributed by atoms with E-state index in [2.05, 4.69) is 15.2 Å². The van der Waals surface area contributed by atoms with Gasteiger partial charge in [0.2, 0.25) is 0 Å². The van der Waals surface area contributed by atoms with Gasteiger partial charge in [-0.2, -0.15) is 23.4 Å². The second-order valence-corrected chi connectivity index (χ2v) is 3.74. The van der Waals surface area contributed by atoms with Gasteiger partial charge in [-0.3, -0.25) is 0 Å². The van der Waals surface area contributed by atoms with E-state index in [1.807, 2.05) is 0 Å². The van der Waals surface area contributed by atoms with Gasteiger partial charge in [-0.25, -0.2) is 4.98 Å². The quantitative estimate of drug-likeness (QED) is 0.863. The molecule has 0 aliphatic rings. The van der Waals surface area contributed by atoms with Crippen molar-refractivity contribution in [3.63, 3.8) is 0 Å². The van der Waals surface area contributed by atoms with Crippen molar-refractivity contribution in [3.05, 3.63) is 29.7 Å². The van der Waals surface area contributed by atoms with Crippen molar-refractivity contribution in [2.75, 3.05) is 12.3 Å². The minimum absolute atomic E-state index is 0.0983. The fourth-order valence-corrected chi connectivity index (χ4v) is 1.47. The van der Waals surface area contributed by atoms with Gasteiger partial charge in [-0.05, 0) is 6.07 Å². The molecule has 19 heavy (non-hydrogen) atoms. The molecular weight excluding hydrogens is 263 g/mol. The van der Waals surface area contributed by atoms with Gasteiger partial charge in [0.05, 0.1) is 23.8 Å². The molecule has 0 aromatic carbocycles. The van der Waals surface area contributed by atoms with E-state index in [1.165, 1.54) is 6.20 Å². The third kappa shape index (κ3) is 2.81. The predicted molar refractivity (Wildman–Crippen MR) is 59.4 cm³/mol. The molecule has 0 aliphatic carbocycles. The van der Waals surface area contributed by atoms with E-state index in [0.29, 0.717) is 5.69 Å². The van der Waals surface area contributed by atoms with Crippen LogP contribution in [-0.2, 0) is 12.6 Å². The van der Waals surface area contributed by atoms with Crippen LogP contribution in [0.1, 0.15) is 11.3 Å². The van der Waals surface area contributed by atoms with Crippen molar-refractivity contribution in [1.82, 2.24) is 20.0 Å². The SMILES string of the molecule is Nc1cnc(-n2ncc(CCO)n2)c(C(F)(F)F)c1. The van der Waals surface area contributed by atoms with Crippen LogP contribution in [0.4, 0.5) is 18.9 Å². The monoisotopic (exact) mass is 273 g/mol. The van der Waals surface area contributed by atoms with Crippen molar-refractivity contribution in [2.24, 2.45) is 0 Å². The summed E-state index contributed by atoms with van der Waals surface area (Å²) in [6.07, 6.45) is -2.03. The van der Waals surface area contributed by atoms with Crippen LogP contribution in [0.25, 0.3) is 5.82 Å². The maximum atomic E-state index is 12.9. The molecule has 0 saturated carbocycles. The molecule has 0 spiro atoms. The summed E-state index contributed by atoms with van der Waals surface area (Å²) in [5.41, 5.74) is 4.57. The van der Waals surface area contributed by atoms with Crippen molar-refractivity contribution in [3.8, 4) is 5.82 Å². The summed E-state index contributed by atoms with van der Waals surface area (Å²) < 4.78 is 38.6. The fraction of sp³-hybridized carbons (Fsp3) is 0.300. The summed E-state index contributed by atoms with van der Waals surface area (Å²) in [5, 5.41) is 16.2. The molecule has 6 nitrogen and oxygen atoms in total. The highest BCUT2D eigenvalue weighted by atomic mass is 19.4. The second-order valence-electron chi connectivity index (χ2n) is 3.74. The van der Waals surface area contributed by atoms with Crippen molar-refractivity contribution in [2.45, 2.75) is 12.6 Å². The molecule has 0 amide bonds. The van der Waals surface area contributed by atoms with Gasteiger partial charge >= 0.3 is 6.18 Å². The Kier molecular flexibility index (Phi) is 3.38. The Morgan fingerprint density at radius 2 is 2.05 bits per heavy atom. The molecule has 3 N–H and O–H groups in total. The van der Waals surface area contributed by atoms with E-state index in [0.717, 1.165) is 17.1 Å². The third-order valence-electron chi connectivity index (χ3n) is 2.29. The summed E-state index contributed by atoms with van der Waals surface area (Å²) in [4.78, 5) is 4.39. The average molecular weight is 273 g/mol. The number of pyridine rings is 1. The smallest absolute Gasteiger partial charge is 0.397 e. The summed E-state index contributed by atoms with van der Waals surface area (Å²) in [6, 6.07) is 0.775. The Bertz CT molecular complexity index is 581. The summed E-state index contributed by atoms with van der Waals surface area (Å²) in [7, 11) is 0. The zero-order chi connectivity index (χ0) is 14.0. The Labute approximate surface area is 105 Å². The van der Waals surface area contributed by atoms with Gasteiger partial charge in [-0.1, -0.05) is 0 Å². The molecule has 0 aliphatic heterocycles. The predicted octanol–water partition coefficient (Wildman–Crippen LogP) is 0.798. The number of aliphatic hydroxyl groups excluding tert-OH is 1. The fourth-order valence-electron chi connectivity index (χ4n) is 1.47. The lowest BCUT2D eigenvalue weighted by molar-refractivity contribution is -0.137. The van der Waals surface area contributed by atoms with Crippen LogP contribution in [0.2, 0.25) is 0 Å². The lowest BCUT2D eigenvalue weighted by Crippen LogP contribution is -2.15. The number of nitrogen functional groups attached to an aromatic ring is 1. The molecule has 0 atom stereocenters. The molecule has 9 heteroatoms. The number of rotatable bonds is 3. The molecule has 0 saturated heterocycles. The largest absolute Gasteiger partial charge is 0.420 e. The molecule has 0 unspecified atom stereocenters. The minimum atomic E-state index is -4.61. The molecule has 2 aromatic heterocycles. The van der Waals surface area contributed by atoms with Crippen LogP contribution in [0, 0.1) is 0 Å². The number of aromatic nitrogens is 4. The zero-order valence-electron chi connectivity index (χ0n) is 9.59. The molecule has 0 radical (unpaired) electrons. The van der Waals surface area contributed by atoms with E-state index >= 15 is 0 Å². The topological polar surface area (TPSA) is 89.8 Å². The normalized spacial score (nSPS) is 11.8. The first-order chi connectivity index (χ1) is 8.91. The highest BCUT2D eigenvalue weighted by Crippen LogP contribution is 2.33. The van der Waals surface area contributed by atoms with Crippen molar-refractivity contribution >= 4 is 5.69 Å². The first kappa shape index (κ1) is 13.3. The van der Waals surface area contributed by atoms with E-state index in [-0.39, 0.29) is 18.7 Å². The summed E-state index contributed by atoms with van der Waals surface area (Å²) >= 11 is 0. The van der Waals surface area contributed by atoms with Gasteiger partial charge < -0.3 is 10.8 Å². The van der Waals surface area contributed by atoms with E-state index in [9.17, 15) is 13.2 Å². The van der Waals surface area contributed by atoms with Crippen LogP contribution >= 0.6 is 0 Å². The molecule has 102 valence electrons. The first-order valence-corrected chi connectivity index (χ1v) is 5.27.